The van der Waals surface area contributed by atoms with Crippen LogP contribution < -0.4 is 10.6 Å². The minimum atomic E-state index is -0.872. The zero-order chi connectivity index (χ0) is 37.9. The Hall–Kier alpha value is -3.02. The molecule has 0 aliphatic carbocycles. The molecule has 1 aliphatic rings. The van der Waals surface area contributed by atoms with Gasteiger partial charge in [-0.05, 0) is 43.1 Å². The number of ether oxygens (including phenoxy) is 2. The second kappa shape index (κ2) is 20.1. The number of likely N-dealkylation sites (N-methyl/N-ethyl adjacent to an activating group) is 1. The monoisotopic (exact) mass is 702 g/mol. The minimum Gasteiger partial charge on any atom is -0.386 e. The summed E-state index contributed by atoms with van der Waals surface area (Å²) in [6, 6.07) is 7.18. The molecule has 10 unspecified atom stereocenters. The lowest BCUT2D eigenvalue weighted by Gasteiger charge is -2.41. The fourth-order valence-corrected chi connectivity index (χ4v) is 7.00. The summed E-state index contributed by atoms with van der Waals surface area (Å²) >= 11 is 0. The van der Waals surface area contributed by atoms with Gasteiger partial charge >= 0.3 is 0 Å². The molecule has 1 aromatic rings. The lowest BCUT2D eigenvalue weighted by Crippen LogP contribution is -2.58. The van der Waals surface area contributed by atoms with E-state index in [1.165, 1.54) is 0 Å². The number of carbonyl (C=O) groups is 4. The molecule has 3 N–H and O–H groups in total. The zero-order valence-electron chi connectivity index (χ0n) is 32.6. The molecule has 1 aliphatic heterocycles. The lowest BCUT2D eigenvalue weighted by molar-refractivity contribution is -0.148. The van der Waals surface area contributed by atoms with Gasteiger partial charge in [0, 0.05) is 33.7 Å². The summed E-state index contributed by atoms with van der Waals surface area (Å²) in [7, 11) is 4.86. The van der Waals surface area contributed by atoms with Crippen LogP contribution in [0.3, 0.4) is 0 Å². The normalized spacial score (nSPS) is 20.3. The topological polar surface area (TPSA) is 138 Å². The predicted molar refractivity (Wildman–Crippen MR) is 196 cm³/mol. The predicted octanol–water partition coefficient (Wildman–Crippen LogP) is 4.58. The van der Waals surface area contributed by atoms with Crippen molar-refractivity contribution in [3.63, 3.8) is 0 Å². The van der Waals surface area contributed by atoms with E-state index in [9.17, 15) is 24.3 Å². The number of benzene rings is 1. The van der Waals surface area contributed by atoms with E-state index >= 15 is 0 Å². The molecule has 0 aromatic heterocycles. The molecule has 1 aromatic carbocycles. The molecule has 1 heterocycles. The van der Waals surface area contributed by atoms with Crippen molar-refractivity contribution in [1.29, 1.82) is 0 Å². The first-order valence-corrected chi connectivity index (χ1v) is 18.5. The molecular formula is C39H66N4O7. The Morgan fingerprint density at radius 1 is 0.900 bits per heavy atom. The van der Waals surface area contributed by atoms with Crippen LogP contribution in [-0.2, 0) is 28.7 Å². The van der Waals surface area contributed by atoms with Crippen LogP contribution in [0.2, 0.25) is 0 Å². The van der Waals surface area contributed by atoms with Gasteiger partial charge in [-0.2, -0.15) is 0 Å². The Morgan fingerprint density at radius 2 is 1.50 bits per heavy atom. The summed E-state index contributed by atoms with van der Waals surface area (Å²) in [5, 5.41) is 16.7. The van der Waals surface area contributed by atoms with Crippen molar-refractivity contribution in [2.45, 2.75) is 130 Å². The molecule has 4 amide bonds. The van der Waals surface area contributed by atoms with E-state index in [0.717, 1.165) is 12.8 Å². The van der Waals surface area contributed by atoms with Gasteiger partial charge in [-0.1, -0.05) is 92.1 Å². The first-order valence-electron chi connectivity index (χ1n) is 18.5. The number of hydrogen-bond acceptors (Lipinski definition) is 7. The highest BCUT2D eigenvalue weighted by Crippen LogP contribution is 2.30. The summed E-state index contributed by atoms with van der Waals surface area (Å²) in [6.07, 6.45) is 0.196. The number of nitrogens with one attached hydrogen (secondary N) is 2. The molecule has 0 bridgehead atoms. The molecule has 1 fully saturated rings. The fourth-order valence-electron chi connectivity index (χ4n) is 7.00. The van der Waals surface area contributed by atoms with E-state index < -0.39 is 42.4 Å². The third-order valence-corrected chi connectivity index (χ3v) is 10.9. The SMILES string of the molecule is CCC(C)C(C(CC(=O)N1CCCC1C(OC)C(C)C(=O)NC(C)C(O)c1ccccc1)OC)N(C)C(=O)C(NC(=O)C(C)C(C)C)C(C)C. The van der Waals surface area contributed by atoms with Crippen molar-refractivity contribution in [2.75, 3.05) is 27.8 Å². The van der Waals surface area contributed by atoms with Crippen LogP contribution in [0.25, 0.3) is 0 Å². The van der Waals surface area contributed by atoms with Gasteiger partial charge < -0.3 is 35.0 Å². The van der Waals surface area contributed by atoms with Crippen molar-refractivity contribution in [2.24, 2.45) is 29.6 Å². The highest BCUT2D eigenvalue weighted by molar-refractivity contribution is 5.89. The molecule has 0 spiro atoms. The smallest absolute Gasteiger partial charge is 0.245 e. The second-order valence-corrected chi connectivity index (χ2v) is 15.0. The van der Waals surface area contributed by atoms with E-state index in [4.69, 9.17) is 9.47 Å². The molecule has 11 heteroatoms. The van der Waals surface area contributed by atoms with Gasteiger partial charge in [0.15, 0.2) is 0 Å². The fraction of sp³-hybridized carbons (Fsp3) is 0.744. The van der Waals surface area contributed by atoms with Crippen LogP contribution >= 0.6 is 0 Å². The number of carbonyl (C=O) groups excluding carboxylic acids is 4. The van der Waals surface area contributed by atoms with Gasteiger partial charge in [0.05, 0.1) is 48.8 Å². The summed E-state index contributed by atoms with van der Waals surface area (Å²) in [5.74, 6) is -1.62. The van der Waals surface area contributed by atoms with Crippen molar-refractivity contribution in [1.82, 2.24) is 20.4 Å². The Bertz CT molecular complexity index is 1230. The maximum Gasteiger partial charge on any atom is 0.245 e. The zero-order valence-corrected chi connectivity index (χ0v) is 32.6. The van der Waals surface area contributed by atoms with E-state index in [0.29, 0.717) is 18.5 Å². The quantitative estimate of drug-likeness (QED) is 0.192. The molecule has 50 heavy (non-hydrogen) atoms. The summed E-state index contributed by atoms with van der Waals surface area (Å²) < 4.78 is 11.9. The molecule has 284 valence electrons. The van der Waals surface area contributed by atoms with Crippen LogP contribution in [0, 0.1) is 29.6 Å². The molecule has 11 nitrogen and oxygen atoms in total. The average Bonchev–Trinajstić information content (AvgIpc) is 3.58. The Morgan fingerprint density at radius 3 is 2.02 bits per heavy atom. The Kier molecular flexibility index (Phi) is 17.4. The molecule has 10 atom stereocenters. The van der Waals surface area contributed by atoms with E-state index in [2.05, 4.69) is 10.6 Å². The van der Waals surface area contributed by atoms with Gasteiger partial charge in [0.1, 0.15) is 6.04 Å². The van der Waals surface area contributed by atoms with Crippen LogP contribution in [-0.4, -0.2) is 103 Å². The Labute approximate surface area is 301 Å². The van der Waals surface area contributed by atoms with Gasteiger partial charge in [-0.3, -0.25) is 19.2 Å². The minimum absolute atomic E-state index is 0.00200. The standard InChI is InChI=1S/C39H66N4O7/c1-13-25(6)34(42(10)39(48)33(24(4)5)41-37(46)26(7)23(2)3)31(49-11)22-32(44)43-21-17-20-30(43)36(50-12)27(8)38(47)40-28(9)35(45)29-18-15-14-16-19-29/h14-16,18-19,23-28,30-31,33-36,45H,13,17,20-22H2,1-12H3,(H,40,47)(H,41,46). The number of amides is 4. The van der Waals surface area contributed by atoms with Crippen molar-refractivity contribution in [3.05, 3.63) is 35.9 Å². The van der Waals surface area contributed by atoms with Crippen molar-refractivity contribution in [3.8, 4) is 0 Å². The highest BCUT2D eigenvalue weighted by Gasteiger charge is 2.43. The number of methoxy groups -OCH3 is 2. The number of rotatable bonds is 19. The number of hydrogen-bond donors (Lipinski definition) is 3. The molecule has 0 saturated carbocycles. The molecule has 2 rings (SSSR count). The van der Waals surface area contributed by atoms with Crippen LogP contribution in [0.5, 0.6) is 0 Å². The van der Waals surface area contributed by atoms with E-state index in [1.54, 1.807) is 44.9 Å². The largest absolute Gasteiger partial charge is 0.386 e. The van der Waals surface area contributed by atoms with Gasteiger partial charge in [0.2, 0.25) is 23.6 Å². The number of nitrogens with zero attached hydrogens (tertiary/aromatic N) is 2. The summed E-state index contributed by atoms with van der Waals surface area (Å²) in [5.41, 5.74) is 0.713. The number of likely N-dealkylation sites (tertiary alicyclic amines) is 1. The first-order chi connectivity index (χ1) is 23.5. The third-order valence-electron chi connectivity index (χ3n) is 10.9. The summed E-state index contributed by atoms with van der Waals surface area (Å²) in [4.78, 5) is 58.0. The first kappa shape index (κ1) is 43.1. The second-order valence-electron chi connectivity index (χ2n) is 15.0. The Balaban J connectivity index is 2.23. The lowest BCUT2D eigenvalue weighted by atomic mass is 9.89. The van der Waals surface area contributed by atoms with Crippen LogP contribution in [0.15, 0.2) is 30.3 Å². The maximum absolute atomic E-state index is 14.1. The molecule has 1 saturated heterocycles. The van der Waals surface area contributed by atoms with Crippen LogP contribution in [0.4, 0.5) is 0 Å². The molecular weight excluding hydrogens is 636 g/mol. The van der Waals surface area contributed by atoms with E-state index in [1.807, 2.05) is 78.8 Å². The van der Waals surface area contributed by atoms with Gasteiger partial charge in [0.25, 0.3) is 0 Å². The van der Waals surface area contributed by atoms with E-state index in [-0.39, 0.29) is 59.8 Å². The number of aliphatic hydroxyl groups excluding tert-OH is 1. The van der Waals surface area contributed by atoms with Gasteiger partial charge in [-0.25, -0.2) is 0 Å². The summed E-state index contributed by atoms with van der Waals surface area (Å²) in [6.45, 7) is 17.8. The number of aliphatic hydroxyl groups is 1. The highest BCUT2D eigenvalue weighted by atomic mass is 16.5. The van der Waals surface area contributed by atoms with Crippen molar-refractivity contribution < 1.29 is 33.8 Å². The maximum atomic E-state index is 14.1. The van der Waals surface area contributed by atoms with Crippen LogP contribution in [0.1, 0.15) is 99.7 Å². The molecule has 0 radical (unpaired) electrons. The average molecular weight is 703 g/mol. The third kappa shape index (κ3) is 11.0. The van der Waals surface area contributed by atoms with Gasteiger partial charge in [-0.15, -0.1) is 0 Å². The van der Waals surface area contributed by atoms with Crippen molar-refractivity contribution >= 4 is 23.6 Å².